The van der Waals surface area contributed by atoms with Crippen molar-refractivity contribution in [2.24, 2.45) is 0 Å². The predicted molar refractivity (Wildman–Crippen MR) is 83.0 cm³/mol. The smallest absolute Gasteiger partial charge is 0.240 e. The average Bonchev–Trinajstić information content (AvgIpc) is 2.85. The third kappa shape index (κ3) is 4.15. The first-order valence-electron chi connectivity index (χ1n) is 6.48. The number of nitrogens with one attached hydrogen (secondary N) is 1. The number of nitrogens with zero attached hydrogens (tertiary/aromatic N) is 2. The van der Waals surface area contributed by atoms with Crippen molar-refractivity contribution in [3.8, 4) is 0 Å². The van der Waals surface area contributed by atoms with Crippen molar-refractivity contribution >= 4 is 22.4 Å². The van der Waals surface area contributed by atoms with Crippen molar-refractivity contribution < 1.29 is 4.79 Å². The minimum absolute atomic E-state index is 0.0350. The van der Waals surface area contributed by atoms with Crippen LogP contribution in [-0.2, 0) is 11.3 Å². The molecule has 0 aliphatic rings. The van der Waals surface area contributed by atoms with E-state index in [0.717, 1.165) is 6.54 Å². The Morgan fingerprint density at radius 1 is 1.40 bits per heavy atom. The third-order valence-electron chi connectivity index (χ3n) is 3.03. The lowest BCUT2D eigenvalue weighted by atomic mass is 10.1. The first kappa shape index (κ1) is 14.7. The molecule has 20 heavy (non-hydrogen) atoms. The Morgan fingerprint density at radius 2 is 2.20 bits per heavy atom. The Kier molecular flexibility index (Phi) is 4.87. The van der Waals surface area contributed by atoms with Crippen LogP contribution in [0.3, 0.4) is 0 Å². The molecule has 0 atom stereocenters. The van der Waals surface area contributed by atoms with E-state index in [4.69, 9.17) is 0 Å². The van der Waals surface area contributed by atoms with Crippen LogP contribution in [0.5, 0.6) is 0 Å². The summed E-state index contributed by atoms with van der Waals surface area (Å²) >= 11 is 1.42. The summed E-state index contributed by atoms with van der Waals surface area (Å²) in [5, 5.41) is 5.28. The van der Waals surface area contributed by atoms with Crippen LogP contribution in [0.25, 0.3) is 0 Å². The number of amides is 1. The number of benzene rings is 1. The molecule has 2 rings (SSSR count). The predicted octanol–water partition coefficient (Wildman–Crippen LogP) is 2.83. The lowest BCUT2D eigenvalue weighted by Crippen LogP contribution is -2.30. The summed E-state index contributed by atoms with van der Waals surface area (Å²) in [5.74, 6) is -0.0350. The van der Waals surface area contributed by atoms with Gasteiger partial charge in [0, 0.05) is 18.1 Å². The van der Waals surface area contributed by atoms with E-state index >= 15 is 0 Å². The summed E-state index contributed by atoms with van der Waals surface area (Å²) in [5.41, 5.74) is 3.77. The Morgan fingerprint density at radius 3 is 2.85 bits per heavy atom. The number of aromatic nitrogens is 1. The van der Waals surface area contributed by atoms with Crippen LogP contribution >= 0.6 is 11.3 Å². The second-order valence-electron chi connectivity index (χ2n) is 4.99. The standard InChI is InChI=1S/C15H19N3OS/c1-11-4-5-13(12(2)8-11)9-18(3)10-14(19)17-15-16-6-7-20-15/h4-8H,9-10H2,1-3H3,(H,16,17,19). The maximum absolute atomic E-state index is 11.9. The van der Waals surface area contributed by atoms with E-state index in [2.05, 4.69) is 42.3 Å². The van der Waals surface area contributed by atoms with E-state index in [1.807, 2.05) is 17.3 Å². The minimum atomic E-state index is -0.0350. The van der Waals surface area contributed by atoms with Gasteiger partial charge in [-0.05, 0) is 32.0 Å². The molecule has 4 nitrogen and oxygen atoms in total. The Bertz CT molecular complexity index is 581. The molecule has 1 aromatic carbocycles. The number of hydrogen-bond acceptors (Lipinski definition) is 4. The quantitative estimate of drug-likeness (QED) is 0.920. The molecule has 0 radical (unpaired) electrons. The maximum atomic E-state index is 11.9. The van der Waals surface area contributed by atoms with E-state index in [-0.39, 0.29) is 5.91 Å². The van der Waals surface area contributed by atoms with Gasteiger partial charge in [0.2, 0.25) is 5.91 Å². The summed E-state index contributed by atoms with van der Waals surface area (Å²) in [4.78, 5) is 17.9. The van der Waals surface area contributed by atoms with Crippen LogP contribution in [0, 0.1) is 13.8 Å². The maximum Gasteiger partial charge on any atom is 0.240 e. The van der Waals surface area contributed by atoms with Crippen molar-refractivity contribution in [1.29, 1.82) is 0 Å². The normalized spacial score (nSPS) is 10.8. The lowest BCUT2D eigenvalue weighted by molar-refractivity contribution is -0.117. The summed E-state index contributed by atoms with van der Waals surface area (Å²) in [7, 11) is 1.95. The average molecular weight is 289 g/mol. The van der Waals surface area contributed by atoms with E-state index in [1.165, 1.54) is 28.0 Å². The molecule has 0 unspecified atom stereocenters. The molecule has 2 aromatic rings. The van der Waals surface area contributed by atoms with Crippen molar-refractivity contribution in [1.82, 2.24) is 9.88 Å². The van der Waals surface area contributed by atoms with Gasteiger partial charge in [-0.25, -0.2) is 4.98 Å². The van der Waals surface area contributed by atoms with Gasteiger partial charge in [-0.15, -0.1) is 11.3 Å². The number of carbonyl (C=O) groups is 1. The molecule has 1 N–H and O–H groups in total. The van der Waals surface area contributed by atoms with Crippen LogP contribution < -0.4 is 5.32 Å². The van der Waals surface area contributed by atoms with Crippen LogP contribution in [0.4, 0.5) is 5.13 Å². The first-order valence-corrected chi connectivity index (χ1v) is 7.36. The zero-order valence-electron chi connectivity index (χ0n) is 12.0. The topological polar surface area (TPSA) is 45.2 Å². The minimum Gasteiger partial charge on any atom is -0.301 e. The summed E-state index contributed by atoms with van der Waals surface area (Å²) in [6, 6.07) is 6.39. The van der Waals surface area contributed by atoms with Crippen LogP contribution in [-0.4, -0.2) is 29.4 Å². The van der Waals surface area contributed by atoms with Crippen LogP contribution in [0.15, 0.2) is 29.8 Å². The monoisotopic (exact) mass is 289 g/mol. The van der Waals surface area contributed by atoms with Crippen LogP contribution in [0.1, 0.15) is 16.7 Å². The number of rotatable bonds is 5. The van der Waals surface area contributed by atoms with Gasteiger partial charge in [0.05, 0.1) is 6.54 Å². The van der Waals surface area contributed by atoms with Crippen molar-refractivity contribution in [2.75, 3.05) is 18.9 Å². The molecule has 0 bridgehead atoms. The molecule has 1 heterocycles. The molecule has 1 amide bonds. The highest BCUT2D eigenvalue weighted by molar-refractivity contribution is 7.13. The number of likely N-dealkylation sites (N-methyl/N-ethyl adjacent to an activating group) is 1. The molecule has 0 fully saturated rings. The fourth-order valence-electron chi connectivity index (χ4n) is 2.06. The number of aryl methyl sites for hydroxylation is 2. The van der Waals surface area contributed by atoms with Gasteiger partial charge >= 0.3 is 0 Å². The van der Waals surface area contributed by atoms with Crippen LogP contribution in [0.2, 0.25) is 0 Å². The fourth-order valence-corrected chi connectivity index (χ4v) is 2.60. The van der Waals surface area contributed by atoms with Gasteiger partial charge in [-0.1, -0.05) is 23.8 Å². The van der Waals surface area contributed by atoms with E-state index in [0.29, 0.717) is 11.7 Å². The van der Waals surface area contributed by atoms with E-state index < -0.39 is 0 Å². The number of carbonyl (C=O) groups excluding carboxylic acids is 1. The lowest BCUT2D eigenvalue weighted by Gasteiger charge is -2.17. The fraction of sp³-hybridized carbons (Fsp3) is 0.333. The Hall–Kier alpha value is -1.72. The number of thiazole rings is 1. The molecule has 0 aliphatic heterocycles. The van der Waals surface area contributed by atoms with E-state index in [1.54, 1.807) is 6.20 Å². The highest BCUT2D eigenvalue weighted by Gasteiger charge is 2.09. The Balaban J connectivity index is 1.88. The summed E-state index contributed by atoms with van der Waals surface area (Å²) in [6.45, 7) is 5.30. The van der Waals surface area contributed by atoms with Gasteiger partial charge in [-0.2, -0.15) is 0 Å². The molecular formula is C15H19N3OS. The molecule has 0 saturated heterocycles. The van der Waals surface area contributed by atoms with Gasteiger partial charge in [0.1, 0.15) is 0 Å². The first-order chi connectivity index (χ1) is 9.54. The molecule has 0 spiro atoms. The molecule has 0 saturated carbocycles. The van der Waals surface area contributed by atoms with E-state index in [9.17, 15) is 4.79 Å². The van der Waals surface area contributed by atoms with Crippen molar-refractivity contribution in [3.63, 3.8) is 0 Å². The zero-order chi connectivity index (χ0) is 14.5. The SMILES string of the molecule is Cc1ccc(CN(C)CC(=O)Nc2nccs2)c(C)c1. The second-order valence-corrected chi connectivity index (χ2v) is 5.88. The number of anilines is 1. The molecule has 0 aliphatic carbocycles. The molecular weight excluding hydrogens is 270 g/mol. The van der Waals surface area contributed by atoms with Gasteiger partial charge in [0.15, 0.2) is 5.13 Å². The van der Waals surface area contributed by atoms with Crippen molar-refractivity contribution in [3.05, 3.63) is 46.5 Å². The summed E-state index contributed by atoms with van der Waals surface area (Å²) < 4.78 is 0. The van der Waals surface area contributed by atoms with Gasteiger partial charge in [0.25, 0.3) is 0 Å². The molecule has 5 heteroatoms. The zero-order valence-corrected chi connectivity index (χ0v) is 12.8. The Labute approximate surface area is 123 Å². The molecule has 1 aromatic heterocycles. The summed E-state index contributed by atoms with van der Waals surface area (Å²) in [6.07, 6.45) is 1.68. The van der Waals surface area contributed by atoms with Gasteiger partial charge in [-0.3, -0.25) is 9.69 Å². The van der Waals surface area contributed by atoms with Crippen molar-refractivity contribution in [2.45, 2.75) is 20.4 Å². The largest absolute Gasteiger partial charge is 0.301 e. The highest BCUT2D eigenvalue weighted by Crippen LogP contribution is 2.13. The highest BCUT2D eigenvalue weighted by atomic mass is 32.1. The number of hydrogen-bond donors (Lipinski definition) is 1. The second kappa shape index (κ2) is 6.63. The van der Waals surface area contributed by atoms with Gasteiger partial charge < -0.3 is 5.32 Å². The molecule has 106 valence electrons. The third-order valence-corrected chi connectivity index (χ3v) is 3.72.